The minimum absolute atomic E-state index is 0.00146. The predicted octanol–water partition coefficient (Wildman–Crippen LogP) is 2.91. The van der Waals surface area contributed by atoms with Crippen molar-refractivity contribution in [1.82, 2.24) is 30.7 Å². The van der Waals surface area contributed by atoms with Crippen molar-refractivity contribution in [3.05, 3.63) is 92.9 Å². The molecule has 1 aromatic heterocycles. The molecule has 0 saturated carbocycles. The SMILES string of the molecule is CC[C@@]1(O)C(=O)OC(=O)C2=C1C=C1c3nc4cc(F)c(C)c5c4c(c3CN1C2)[C@@H](CC(=O)COCNC(=O)CCC(=O)[C@H](Cc1ccccc1)NC(=O)CCC(=O)CNC(=O)CCOCCOCCOCCOCCOCCOCCOCCOCCN1C(=O)CC(C)C1=O)CC5. The topological polar surface area (TPSA) is 339 Å². The number of carbonyl (C=O) groups excluding carboxylic acids is 10. The van der Waals surface area contributed by atoms with Crippen molar-refractivity contribution in [1.29, 1.82) is 0 Å². The van der Waals surface area contributed by atoms with Crippen LogP contribution in [-0.2, 0) is 115 Å². The predicted molar refractivity (Wildman–Crippen MR) is 343 cm³/mol. The van der Waals surface area contributed by atoms with E-state index in [1.807, 2.05) is 4.90 Å². The average molecular weight is 1360 g/mol. The number of Topliss-reactive ketones (excluding diaryl/α,β-unsaturated/α-hetero) is 3. The van der Waals surface area contributed by atoms with Gasteiger partial charge < -0.3 is 73.3 Å². The summed E-state index contributed by atoms with van der Waals surface area (Å²) in [5.74, 6) is -5.79. The molecule has 0 bridgehead atoms. The number of likely N-dealkylation sites (tertiary alicyclic amines) is 1. The Kier molecular flexibility index (Phi) is 29.4. The quantitative estimate of drug-likeness (QED) is 0.0208. The lowest BCUT2D eigenvalue weighted by molar-refractivity contribution is -0.172. The van der Waals surface area contributed by atoms with Gasteiger partial charge in [-0.1, -0.05) is 44.2 Å². The first kappa shape index (κ1) is 75.1. The molecule has 4 atom stereocenters. The Balaban J connectivity index is 0.633. The number of benzene rings is 2. The Morgan fingerprint density at radius 1 is 0.722 bits per heavy atom. The molecule has 1 fully saturated rings. The number of pyridine rings is 1. The lowest BCUT2D eigenvalue weighted by Crippen LogP contribution is -2.49. The summed E-state index contributed by atoms with van der Waals surface area (Å²) in [5.41, 5.74) is 3.40. The van der Waals surface area contributed by atoms with E-state index in [1.54, 1.807) is 57.2 Å². The van der Waals surface area contributed by atoms with Crippen LogP contribution in [0.4, 0.5) is 4.39 Å². The van der Waals surface area contributed by atoms with E-state index in [1.165, 1.54) is 11.0 Å². The Hall–Kier alpha value is -7.64. The summed E-state index contributed by atoms with van der Waals surface area (Å²) >= 11 is 0. The van der Waals surface area contributed by atoms with Crippen molar-refractivity contribution in [2.75, 3.05) is 139 Å². The number of aryl methyl sites for hydroxylation is 1. The number of fused-ring (bicyclic) bond motifs is 4. The second kappa shape index (κ2) is 37.9. The van der Waals surface area contributed by atoms with Gasteiger partial charge in [-0.05, 0) is 66.9 Å². The van der Waals surface area contributed by atoms with E-state index in [0.717, 1.165) is 27.6 Å². The Bertz CT molecular complexity index is 3380. The van der Waals surface area contributed by atoms with Gasteiger partial charge in [0.05, 0.1) is 154 Å². The highest BCUT2D eigenvalue weighted by molar-refractivity contribution is 6.08. The smallest absolute Gasteiger partial charge is 0.350 e. The van der Waals surface area contributed by atoms with Gasteiger partial charge in [-0.2, -0.15) is 0 Å². The number of esters is 2. The zero-order valence-corrected chi connectivity index (χ0v) is 55.4. The molecule has 8 rings (SSSR count). The highest BCUT2D eigenvalue weighted by atomic mass is 19.1. The molecule has 5 amide bonds. The van der Waals surface area contributed by atoms with Crippen LogP contribution in [0.3, 0.4) is 0 Å². The monoisotopic (exact) mass is 1360 g/mol. The fraction of sp³-hybridized carbons (Fsp3) is 0.580. The van der Waals surface area contributed by atoms with Crippen LogP contribution in [0.2, 0.25) is 0 Å². The number of rotatable bonds is 46. The molecule has 4 N–H and O–H groups in total. The molecular weight excluding hydrogens is 1270 g/mol. The second-order valence-corrected chi connectivity index (χ2v) is 24.2. The zero-order valence-electron chi connectivity index (χ0n) is 55.4. The van der Waals surface area contributed by atoms with Gasteiger partial charge in [-0.3, -0.25) is 43.3 Å². The van der Waals surface area contributed by atoms with Crippen molar-refractivity contribution in [2.24, 2.45) is 5.92 Å². The van der Waals surface area contributed by atoms with E-state index in [2.05, 4.69) is 16.0 Å². The number of halogens is 1. The van der Waals surface area contributed by atoms with E-state index in [-0.39, 0.29) is 158 Å². The van der Waals surface area contributed by atoms with Crippen molar-refractivity contribution in [2.45, 2.75) is 116 Å². The number of ketones is 3. The molecule has 97 heavy (non-hydrogen) atoms. The number of cyclic esters (lactones) is 2. The van der Waals surface area contributed by atoms with Gasteiger partial charge >= 0.3 is 11.9 Å². The molecule has 0 radical (unpaired) electrons. The molecule has 1 unspecified atom stereocenters. The highest BCUT2D eigenvalue weighted by Gasteiger charge is 2.50. The van der Waals surface area contributed by atoms with Crippen LogP contribution in [0.5, 0.6) is 0 Å². The molecule has 528 valence electrons. The van der Waals surface area contributed by atoms with E-state index in [0.29, 0.717) is 121 Å². The summed E-state index contributed by atoms with van der Waals surface area (Å²) in [7, 11) is 0. The highest BCUT2D eigenvalue weighted by Crippen LogP contribution is 2.49. The zero-order chi connectivity index (χ0) is 69.3. The number of imide groups is 1. The molecule has 0 spiro atoms. The normalized spacial score (nSPS) is 18.2. The molecule has 5 heterocycles. The van der Waals surface area contributed by atoms with Gasteiger partial charge in [0, 0.05) is 80.0 Å². The summed E-state index contributed by atoms with van der Waals surface area (Å²) < 4.78 is 69.8. The summed E-state index contributed by atoms with van der Waals surface area (Å²) in [6.45, 7) is 10.2. The number of hydrogen-bond donors (Lipinski definition) is 4. The molecule has 1 saturated heterocycles. The first-order chi connectivity index (χ1) is 46.9. The number of ether oxygens (including phenoxy) is 10. The molecule has 28 heteroatoms. The van der Waals surface area contributed by atoms with Gasteiger partial charge in [-0.25, -0.2) is 19.0 Å². The molecule has 2 aromatic carbocycles. The van der Waals surface area contributed by atoms with Crippen LogP contribution >= 0.6 is 0 Å². The summed E-state index contributed by atoms with van der Waals surface area (Å²) in [5, 5.41) is 20.0. The molecular formula is C69H89FN6O21. The van der Waals surface area contributed by atoms with E-state index in [4.69, 9.17) is 52.4 Å². The molecule has 4 aliphatic heterocycles. The third-order valence-electron chi connectivity index (χ3n) is 17.3. The third-order valence-corrected chi connectivity index (χ3v) is 17.3. The van der Waals surface area contributed by atoms with Crippen molar-refractivity contribution in [3.63, 3.8) is 0 Å². The van der Waals surface area contributed by atoms with Crippen molar-refractivity contribution >= 4 is 75.4 Å². The maximum absolute atomic E-state index is 15.4. The van der Waals surface area contributed by atoms with Gasteiger partial charge in [0.2, 0.25) is 29.5 Å². The molecule has 5 aliphatic rings. The number of nitrogens with zero attached hydrogens (tertiary/aromatic N) is 3. The minimum Gasteiger partial charge on any atom is -0.387 e. The summed E-state index contributed by atoms with van der Waals surface area (Å²) in [6.07, 6.45) is 2.07. The second-order valence-electron chi connectivity index (χ2n) is 24.2. The van der Waals surface area contributed by atoms with Crippen LogP contribution in [0, 0.1) is 18.7 Å². The van der Waals surface area contributed by atoms with Gasteiger partial charge in [-0.15, -0.1) is 0 Å². The van der Waals surface area contributed by atoms with Crippen molar-refractivity contribution < 1.29 is 105 Å². The van der Waals surface area contributed by atoms with E-state index in [9.17, 15) is 53.1 Å². The van der Waals surface area contributed by atoms with E-state index < -0.39 is 58.7 Å². The fourth-order valence-corrected chi connectivity index (χ4v) is 12.1. The Labute approximate surface area is 562 Å². The standard InChI is InChI=1S/C69H89FN6O21/c1-4-69(87)53-37-57-65-52(41-75(57)40-51(53)67(85)97-68(69)86)63-47(10-12-50-45(3)54(70)38-56(74-65)64(50)63)36-49(78)42-96-43-72-59(80)15-13-58(79)55(35-46-8-6-5-7-9-46)73-61(82)14-11-48(77)39-71-60(81)16-18-88-20-22-90-24-26-92-28-30-94-32-33-95-31-29-93-27-25-91-23-21-89-19-17-76-62(83)34-44(2)66(76)84/h5-9,37-38,44,47,55,87H,4,10-36,39-43H2,1-3H3,(H,71,81)(H,72,80)(H,73,82)/t44?,47-,55+,69+/m1/s1. The van der Waals surface area contributed by atoms with Crippen molar-refractivity contribution in [3.8, 4) is 0 Å². The average Bonchev–Trinajstić information content (AvgIpc) is 1.73. The van der Waals surface area contributed by atoms with E-state index >= 15 is 4.39 Å². The number of carbonyl (C=O) groups is 10. The number of aliphatic hydroxyl groups is 1. The van der Waals surface area contributed by atoms with Crippen LogP contribution in [0.1, 0.15) is 111 Å². The number of aromatic nitrogens is 1. The maximum atomic E-state index is 15.4. The summed E-state index contributed by atoms with van der Waals surface area (Å²) in [4.78, 5) is 136. The van der Waals surface area contributed by atoms with Crippen LogP contribution in [-0.4, -0.2) is 229 Å². The van der Waals surface area contributed by atoms with Gasteiger partial charge in [0.1, 0.15) is 19.2 Å². The van der Waals surface area contributed by atoms with Crippen LogP contribution < -0.4 is 16.0 Å². The maximum Gasteiger partial charge on any atom is 0.350 e. The largest absolute Gasteiger partial charge is 0.387 e. The number of nitrogens with one attached hydrogen (secondary N) is 3. The fourth-order valence-electron chi connectivity index (χ4n) is 12.1. The number of amides is 5. The van der Waals surface area contributed by atoms with Gasteiger partial charge in [0.25, 0.3) is 0 Å². The lowest BCUT2D eigenvalue weighted by atomic mass is 9.76. The molecule has 27 nitrogen and oxygen atoms in total. The summed E-state index contributed by atoms with van der Waals surface area (Å²) in [6, 6.07) is 9.33. The van der Waals surface area contributed by atoms with Crippen LogP contribution in [0.25, 0.3) is 16.6 Å². The molecule has 1 aliphatic carbocycles. The number of hydrogen-bond acceptors (Lipinski definition) is 23. The third kappa shape index (κ3) is 21.4. The first-order valence-electron chi connectivity index (χ1n) is 33.2. The lowest BCUT2D eigenvalue weighted by Gasteiger charge is -2.36. The Morgan fingerprint density at radius 3 is 1.93 bits per heavy atom. The molecule has 3 aromatic rings. The van der Waals surface area contributed by atoms with Gasteiger partial charge in [0.15, 0.2) is 23.0 Å². The Morgan fingerprint density at radius 2 is 1.32 bits per heavy atom. The minimum atomic E-state index is -2.04. The van der Waals surface area contributed by atoms with Crippen LogP contribution in [0.15, 0.2) is 53.6 Å². The first-order valence-corrected chi connectivity index (χ1v) is 33.2.